The Bertz CT molecular complexity index is 742. The molecule has 0 fully saturated rings. The number of aryl methyl sites for hydroxylation is 1. The van der Waals surface area contributed by atoms with Crippen molar-refractivity contribution in [1.82, 2.24) is 5.43 Å². The summed E-state index contributed by atoms with van der Waals surface area (Å²) in [5.41, 5.74) is 5.62. The van der Waals surface area contributed by atoms with Gasteiger partial charge in [0, 0.05) is 3.57 Å². The number of carbonyl (C=O) groups excluding carboxylic acids is 1. The van der Waals surface area contributed by atoms with Gasteiger partial charge in [-0.25, -0.2) is 5.43 Å². The summed E-state index contributed by atoms with van der Waals surface area (Å²) < 4.78 is 6.79. The van der Waals surface area contributed by atoms with E-state index in [1.54, 1.807) is 6.21 Å². The Hall–Kier alpha value is -1.89. The highest BCUT2D eigenvalue weighted by Gasteiger charge is 2.09. The molecule has 0 radical (unpaired) electrons. The number of carbonyl (C=O) groups is 1. The highest BCUT2D eigenvalue weighted by atomic mass is 127. The van der Waals surface area contributed by atoms with Gasteiger partial charge >= 0.3 is 0 Å². The maximum atomic E-state index is 11.9. The topological polar surface area (TPSA) is 50.7 Å². The van der Waals surface area contributed by atoms with E-state index < -0.39 is 0 Å². The summed E-state index contributed by atoms with van der Waals surface area (Å²) in [6.45, 7) is 6.14. The van der Waals surface area contributed by atoms with Crippen LogP contribution in [0.1, 0.15) is 36.5 Å². The van der Waals surface area contributed by atoms with Crippen LogP contribution in [-0.2, 0) is 4.79 Å². The number of rotatable bonds is 6. The highest BCUT2D eigenvalue weighted by Crippen LogP contribution is 2.27. The molecule has 24 heavy (non-hydrogen) atoms. The molecule has 2 rings (SSSR count). The lowest BCUT2D eigenvalue weighted by molar-refractivity contribution is -0.123. The van der Waals surface area contributed by atoms with E-state index in [0.717, 1.165) is 26.0 Å². The first-order chi connectivity index (χ1) is 11.5. The largest absolute Gasteiger partial charge is 0.483 e. The van der Waals surface area contributed by atoms with Crippen molar-refractivity contribution in [2.45, 2.75) is 26.7 Å². The van der Waals surface area contributed by atoms with Gasteiger partial charge in [0.25, 0.3) is 5.91 Å². The van der Waals surface area contributed by atoms with Crippen LogP contribution >= 0.6 is 22.6 Å². The first kappa shape index (κ1) is 18.4. The maximum Gasteiger partial charge on any atom is 0.277 e. The normalized spacial score (nSPS) is 11.0. The van der Waals surface area contributed by atoms with Crippen LogP contribution in [-0.4, -0.2) is 18.7 Å². The summed E-state index contributed by atoms with van der Waals surface area (Å²) in [5.74, 6) is 0.803. The second kappa shape index (κ2) is 8.82. The van der Waals surface area contributed by atoms with Gasteiger partial charge in [0.1, 0.15) is 5.75 Å². The van der Waals surface area contributed by atoms with E-state index in [-0.39, 0.29) is 12.5 Å². The Balaban J connectivity index is 1.91. The molecule has 2 aromatic carbocycles. The zero-order valence-electron chi connectivity index (χ0n) is 14.0. The zero-order chi connectivity index (χ0) is 17.5. The van der Waals surface area contributed by atoms with Crippen LogP contribution in [0.2, 0.25) is 0 Å². The molecule has 0 aromatic heterocycles. The highest BCUT2D eigenvalue weighted by molar-refractivity contribution is 14.1. The van der Waals surface area contributed by atoms with Crippen LogP contribution < -0.4 is 10.2 Å². The van der Waals surface area contributed by atoms with Crippen LogP contribution in [0, 0.1) is 10.5 Å². The van der Waals surface area contributed by atoms with Crippen molar-refractivity contribution in [3.05, 3.63) is 62.7 Å². The minimum Gasteiger partial charge on any atom is -0.483 e. The summed E-state index contributed by atoms with van der Waals surface area (Å²) in [6, 6.07) is 13.9. The van der Waals surface area contributed by atoms with E-state index in [0.29, 0.717) is 5.92 Å². The molecular weight excluding hydrogens is 415 g/mol. The van der Waals surface area contributed by atoms with Crippen molar-refractivity contribution >= 4 is 34.7 Å². The second-order valence-electron chi connectivity index (χ2n) is 5.83. The van der Waals surface area contributed by atoms with Crippen LogP contribution in [0.3, 0.4) is 0 Å². The number of nitrogens with zero attached hydrogens (tertiary/aromatic N) is 1. The van der Waals surface area contributed by atoms with Crippen molar-refractivity contribution in [3.63, 3.8) is 0 Å². The van der Waals surface area contributed by atoms with Gasteiger partial charge in [-0.1, -0.05) is 38.1 Å². The molecule has 0 saturated heterocycles. The number of hydrazone groups is 1. The van der Waals surface area contributed by atoms with Gasteiger partial charge in [-0.15, -0.1) is 0 Å². The number of amides is 1. The average molecular weight is 436 g/mol. The molecule has 0 saturated carbocycles. The van der Waals surface area contributed by atoms with Gasteiger partial charge in [-0.3, -0.25) is 4.79 Å². The summed E-state index contributed by atoms with van der Waals surface area (Å²) >= 11 is 2.23. The lowest BCUT2D eigenvalue weighted by atomic mass is 10.0. The fourth-order valence-corrected chi connectivity index (χ4v) is 2.75. The maximum absolute atomic E-state index is 11.9. The SMILES string of the molecule is Cc1ccc(C(C)C)c(OCC(=O)N/N=C\c2cccc(I)c2)c1. The van der Waals surface area contributed by atoms with E-state index in [9.17, 15) is 4.79 Å². The molecule has 0 aliphatic heterocycles. The van der Waals surface area contributed by atoms with E-state index in [4.69, 9.17) is 4.74 Å². The Morgan fingerprint density at radius 3 is 2.79 bits per heavy atom. The van der Waals surface area contributed by atoms with Crippen LogP contribution in [0.4, 0.5) is 0 Å². The fourth-order valence-electron chi connectivity index (χ4n) is 2.18. The Labute approximate surface area is 156 Å². The lowest BCUT2D eigenvalue weighted by Gasteiger charge is -2.14. The number of nitrogens with one attached hydrogen (secondary N) is 1. The molecule has 0 atom stereocenters. The minimum atomic E-state index is -0.284. The van der Waals surface area contributed by atoms with Crippen molar-refractivity contribution in [2.24, 2.45) is 5.10 Å². The van der Waals surface area contributed by atoms with Crippen molar-refractivity contribution in [3.8, 4) is 5.75 Å². The molecule has 1 amide bonds. The minimum absolute atomic E-state index is 0.0627. The van der Waals surface area contributed by atoms with E-state index in [1.807, 2.05) is 49.4 Å². The molecule has 5 heteroatoms. The third kappa shape index (κ3) is 5.63. The Morgan fingerprint density at radius 2 is 2.08 bits per heavy atom. The predicted octanol–water partition coefficient (Wildman–Crippen LogP) is 4.25. The molecule has 4 nitrogen and oxygen atoms in total. The van der Waals surface area contributed by atoms with Gasteiger partial charge in [0.2, 0.25) is 0 Å². The lowest BCUT2D eigenvalue weighted by Crippen LogP contribution is -2.25. The summed E-state index contributed by atoms with van der Waals surface area (Å²) in [7, 11) is 0. The predicted molar refractivity (Wildman–Crippen MR) is 106 cm³/mol. The Kier molecular flexibility index (Phi) is 6.78. The average Bonchev–Trinajstić information content (AvgIpc) is 2.53. The van der Waals surface area contributed by atoms with Gasteiger partial charge in [0.15, 0.2) is 6.61 Å². The van der Waals surface area contributed by atoms with Gasteiger partial charge in [0.05, 0.1) is 6.21 Å². The van der Waals surface area contributed by atoms with Crippen molar-refractivity contribution in [2.75, 3.05) is 6.61 Å². The first-order valence-corrected chi connectivity index (χ1v) is 8.84. The molecule has 0 aliphatic rings. The molecule has 0 aliphatic carbocycles. The smallest absolute Gasteiger partial charge is 0.277 e. The van der Waals surface area contributed by atoms with Crippen LogP contribution in [0.15, 0.2) is 47.6 Å². The molecule has 0 unspecified atom stereocenters. The first-order valence-electron chi connectivity index (χ1n) is 7.76. The molecular formula is C19H21IN2O2. The van der Waals surface area contributed by atoms with E-state index in [2.05, 4.69) is 47.0 Å². The standard InChI is InChI=1S/C19H21IN2O2/c1-13(2)17-8-7-14(3)9-18(17)24-12-19(23)22-21-11-15-5-4-6-16(20)10-15/h4-11,13H,12H2,1-3H3,(H,22,23)/b21-11-. The molecule has 1 N–H and O–H groups in total. The van der Waals surface area contributed by atoms with Gasteiger partial charge < -0.3 is 4.74 Å². The third-order valence-corrected chi connectivity index (χ3v) is 4.07. The van der Waals surface area contributed by atoms with Crippen LogP contribution in [0.25, 0.3) is 0 Å². The molecule has 0 spiro atoms. The van der Waals surface area contributed by atoms with Crippen molar-refractivity contribution < 1.29 is 9.53 Å². The molecule has 2 aromatic rings. The van der Waals surface area contributed by atoms with Gasteiger partial charge in [-0.2, -0.15) is 5.10 Å². The molecule has 0 bridgehead atoms. The monoisotopic (exact) mass is 436 g/mol. The number of ether oxygens (including phenoxy) is 1. The van der Waals surface area contributed by atoms with Crippen LogP contribution in [0.5, 0.6) is 5.75 Å². The summed E-state index contributed by atoms with van der Waals surface area (Å²) in [5, 5.41) is 3.96. The van der Waals surface area contributed by atoms with Crippen molar-refractivity contribution in [1.29, 1.82) is 0 Å². The number of hydrogen-bond donors (Lipinski definition) is 1. The summed E-state index contributed by atoms with van der Waals surface area (Å²) in [4.78, 5) is 11.9. The quantitative estimate of drug-likeness (QED) is 0.418. The fraction of sp³-hybridized carbons (Fsp3) is 0.263. The van der Waals surface area contributed by atoms with E-state index >= 15 is 0 Å². The molecule has 0 heterocycles. The second-order valence-corrected chi connectivity index (χ2v) is 7.08. The number of hydrogen-bond acceptors (Lipinski definition) is 3. The number of halogens is 1. The van der Waals surface area contributed by atoms with E-state index in [1.165, 1.54) is 0 Å². The number of benzene rings is 2. The summed E-state index contributed by atoms with van der Waals surface area (Å²) in [6.07, 6.45) is 1.62. The third-order valence-electron chi connectivity index (χ3n) is 3.40. The zero-order valence-corrected chi connectivity index (χ0v) is 16.2. The molecule has 126 valence electrons. The van der Waals surface area contributed by atoms with Gasteiger partial charge in [-0.05, 0) is 70.3 Å². The Morgan fingerprint density at radius 1 is 1.29 bits per heavy atom.